The number of rotatable bonds is 5. The summed E-state index contributed by atoms with van der Waals surface area (Å²) in [5, 5.41) is 3.35. The maximum Gasteiger partial charge on any atom is 0.125 e. The van der Waals surface area contributed by atoms with Gasteiger partial charge in [-0.25, -0.2) is 9.97 Å². The highest BCUT2D eigenvalue weighted by molar-refractivity contribution is 5.31. The maximum atomic E-state index is 4.54. The Morgan fingerprint density at radius 3 is 2.65 bits per heavy atom. The van der Waals surface area contributed by atoms with Crippen molar-refractivity contribution in [2.24, 2.45) is 5.92 Å². The summed E-state index contributed by atoms with van der Waals surface area (Å²) in [7, 11) is 1.97. The molecule has 0 amide bonds. The van der Waals surface area contributed by atoms with Crippen LogP contribution in [0.3, 0.4) is 0 Å². The van der Waals surface area contributed by atoms with Gasteiger partial charge in [0.25, 0.3) is 0 Å². The van der Waals surface area contributed by atoms with Crippen LogP contribution in [0.1, 0.15) is 42.5 Å². The minimum atomic E-state index is 0.115. The molecule has 1 N–H and O–H groups in total. The Hall–Kier alpha value is -1.74. The topological polar surface area (TPSA) is 37.8 Å². The van der Waals surface area contributed by atoms with Gasteiger partial charge in [0.1, 0.15) is 5.82 Å². The largest absolute Gasteiger partial charge is 0.308 e. The first-order valence-corrected chi connectivity index (χ1v) is 7.15. The normalized spacial score (nSPS) is 12.7. The molecule has 0 radical (unpaired) electrons. The number of hydrogen-bond donors (Lipinski definition) is 1. The zero-order chi connectivity index (χ0) is 14.5. The van der Waals surface area contributed by atoms with Crippen LogP contribution in [0.25, 0.3) is 0 Å². The van der Waals surface area contributed by atoms with Crippen molar-refractivity contribution in [1.82, 2.24) is 15.3 Å². The third-order valence-electron chi connectivity index (χ3n) is 3.31. The number of aryl methyl sites for hydroxylation is 1. The number of hydrogen-bond acceptors (Lipinski definition) is 3. The van der Waals surface area contributed by atoms with Gasteiger partial charge in [0.05, 0.1) is 11.7 Å². The lowest BCUT2D eigenvalue weighted by Gasteiger charge is -2.17. The zero-order valence-electron chi connectivity index (χ0n) is 12.7. The third kappa shape index (κ3) is 3.64. The van der Waals surface area contributed by atoms with E-state index in [-0.39, 0.29) is 6.04 Å². The van der Waals surface area contributed by atoms with Crippen molar-refractivity contribution in [3.05, 3.63) is 59.2 Å². The molecule has 0 aliphatic carbocycles. The van der Waals surface area contributed by atoms with E-state index in [2.05, 4.69) is 53.4 Å². The molecule has 0 bridgehead atoms. The van der Waals surface area contributed by atoms with Crippen LogP contribution in [-0.2, 0) is 6.42 Å². The zero-order valence-corrected chi connectivity index (χ0v) is 12.7. The Bertz CT molecular complexity index is 564. The lowest BCUT2D eigenvalue weighted by molar-refractivity contribution is 0.639. The first-order valence-electron chi connectivity index (χ1n) is 7.15. The van der Waals surface area contributed by atoms with Crippen molar-refractivity contribution in [2.45, 2.75) is 33.2 Å². The Kier molecular flexibility index (Phi) is 4.85. The molecule has 0 aliphatic heterocycles. The Labute approximate surface area is 121 Å². The van der Waals surface area contributed by atoms with Crippen LogP contribution in [-0.4, -0.2) is 17.0 Å². The van der Waals surface area contributed by atoms with Gasteiger partial charge in [-0.05, 0) is 43.5 Å². The van der Waals surface area contributed by atoms with Gasteiger partial charge in [-0.3, -0.25) is 0 Å². The monoisotopic (exact) mass is 269 g/mol. The van der Waals surface area contributed by atoms with Gasteiger partial charge in [0, 0.05) is 6.20 Å². The van der Waals surface area contributed by atoms with Crippen molar-refractivity contribution in [1.29, 1.82) is 0 Å². The van der Waals surface area contributed by atoms with Gasteiger partial charge in [-0.15, -0.1) is 0 Å². The number of benzene rings is 1. The average Bonchev–Trinajstić information content (AvgIpc) is 2.39. The predicted octanol–water partition coefficient (Wildman–Crippen LogP) is 3.29. The summed E-state index contributed by atoms with van der Waals surface area (Å²) in [6, 6.07) is 10.8. The molecule has 0 saturated carbocycles. The molecule has 3 heteroatoms. The minimum Gasteiger partial charge on any atom is -0.308 e. The average molecular weight is 269 g/mol. The van der Waals surface area contributed by atoms with Gasteiger partial charge >= 0.3 is 0 Å². The van der Waals surface area contributed by atoms with Gasteiger partial charge in [-0.2, -0.15) is 0 Å². The van der Waals surface area contributed by atoms with E-state index in [9.17, 15) is 0 Å². The van der Waals surface area contributed by atoms with Crippen LogP contribution >= 0.6 is 0 Å². The number of nitrogens with zero attached hydrogens (tertiary/aromatic N) is 2. The molecule has 106 valence electrons. The molecular weight excluding hydrogens is 246 g/mol. The third-order valence-corrected chi connectivity index (χ3v) is 3.31. The van der Waals surface area contributed by atoms with E-state index in [4.69, 9.17) is 0 Å². The summed E-state index contributed by atoms with van der Waals surface area (Å²) in [5.74, 6) is 1.47. The summed E-state index contributed by atoms with van der Waals surface area (Å²) in [4.78, 5) is 8.71. The molecule has 1 heterocycles. The molecule has 20 heavy (non-hydrogen) atoms. The molecule has 0 fully saturated rings. The van der Waals surface area contributed by atoms with Gasteiger partial charge in [0.2, 0.25) is 0 Å². The second-order valence-electron chi connectivity index (χ2n) is 5.59. The van der Waals surface area contributed by atoms with Gasteiger partial charge < -0.3 is 5.32 Å². The first-order chi connectivity index (χ1) is 9.60. The van der Waals surface area contributed by atoms with Crippen molar-refractivity contribution in [3.63, 3.8) is 0 Å². The molecule has 1 aromatic heterocycles. The minimum absolute atomic E-state index is 0.115. The first kappa shape index (κ1) is 14.7. The highest BCUT2D eigenvalue weighted by Crippen LogP contribution is 2.22. The Balaban J connectivity index is 2.32. The van der Waals surface area contributed by atoms with Crippen LogP contribution < -0.4 is 5.32 Å². The molecule has 2 rings (SSSR count). The lowest BCUT2D eigenvalue weighted by atomic mass is 9.97. The van der Waals surface area contributed by atoms with Crippen molar-refractivity contribution >= 4 is 0 Å². The number of nitrogens with one attached hydrogen (secondary N) is 1. The highest BCUT2D eigenvalue weighted by atomic mass is 14.9. The fourth-order valence-corrected chi connectivity index (χ4v) is 2.49. The van der Waals surface area contributed by atoms with Crippen molar-refractivity contribution in [3.8, 4) is 0 Å². The number of aromatic nitrogens is 2. The summed E-state index contributed by atoms with van der Waals surface area (Å²) >= 11 is 0. The fourth-order valence-electron chi connectivity index (χ4n) is 2.49. The van der Waals surface area contributed by atoms with Crippen LogP contribution in [0.4, 0.5) is 0 Å². The van der Waals surface area contributed by atoms with Gasteiger partial charge in [-0.1, -0.05) is 38.1 Å². The highest BCUT2D eigenvalue weighted by Gasteiger charge is 2.14. The standard InChI is InChI=1S/C17H23N3/c1-12(2)10-14-6-5-7-15(11-14)17(18-4)16-8-9-19-13(3)20-16/h5-9,11-12,17-18H,10H2,1-4H3. The molecule has 2 aromatic rings. The van der Waals surface area contributed by atoms with E-state index >= 15 is 0 Å². The molecular formula is C17H23N3. The van der Waals surface area contributed by atoms with Crippen LogP contribution in [0.2, 0.25) is 0 Å². The van der Waals surface area contributed by atoms with Crippen LogP contribution in [0.15, 0.2) is 36.5 Å². The summed E-state index contributed by atoms with van der Waals surface area (Å²) in [6.07, 6.45) is 2.92. The van der Waals surface area contributed by atoms with E-state index in [1.54, 1.807) is 0 Å². The van der Waals surface area contributed by atoms with Crippen LogP contribution in [0, 0.1) is 12.8 Å². The Morgan fingerprint density at radius 2 is 2.00 bits per heavy atom. The molecule has 1 atom stereocenters. The second kappa shape index (κ2) is 6.62. The SMILES string of the molecule is CNC(c1cccc(CC(C)C)c1)c1ccnc(C)n1. The van der Waals surface area contributed by atoms with E-state index in [1.807, 2.05) is 26.2 Å². The summed E-state index contributed by atoms with van der Waals surface area (Å²) in [5.41, 5.74) is 3.65. The maximum absolute atomic E-state index is 4.54. The second-order valence-corrected chi connectivity index (χ2v) is 5.59. The molecule has 1 unspecified atom stereocenters. The fraction of sp³-hybridized carbons (Fsp3) is 0.412. The quantitative estimate of drug-likeness (QED) is 0.905. The van der Waals surface area contributed by atoms with E-state index < -0.39 is 0 Å². The predicted molar refractivity (Wildman–Crippen MR) is 82.7 cm³/mol. The van der Waals surface area contributed by atoms with E-state index in [0.29, 0.717) is 5.92 Å². The molecule has 1 aromatic carbocycles. The van der Waals surface area contributed by atoms with Gasteiger partial charge in [0.15, 0.2) is 0 Å². The van der Waals surface area contributed by atoms with Crippen LogP contribution in [0.5, 0.6) is 0 Å². The van der Waals surface area contributed by atoms with Crippen molar-refractivity contribution < 1.29 is 0 Å². The molecule has 0 spiro atoms. The van der Waals surface area contributed by atoms with Crippen molar-refractivity contribution in [2.75, 3.05) is 7.05 Å². The lowest BCUT2D eigenvalue weighted by Crippen LogP contribution is -2.19. The summed E-state index contributed by atoms with van der Waals surface area (Å²) in [6.45, 7) is 6.41. The van der Waals surface area contributed by atoms with E-state index in [1.165, 1.54) is 11.1 Å². The molecule has 0 saturated heterocycles. The molecule has 3 nitrogen and oxygen atoms in total. The molecule has 0 aliphatic rings. The van der Waals surface area contributed by atoms with E-state index in [0.717, 1.165) is 17.9 Å². The smallest absolute Gasteiger partial charge is 0.125 e. The Morgan fingerprint density at radius 1 is 1.20 bits per heavy atom. The summed E-state index contributed by atoms with van der Waals surface area (Å²) < 4.78 is 0.